The van der Waals surface area contributed by atoms with E-state index in [-0.39, 0.29) is 29.4 Å². The maximum atomic E-state index is 13.6. The van der Waals surface area contributed by atoms with Crippen molar-refractivity contribution in [2.45, 2.75) is 19.8 Å². The summed E-state index contributed by atoms with van der Waals surface area (Å²) in [6, 6.07) is 13.5. The summed E-state index contributed by atoms with van der Waals surface area (Å²) in [5.74, 6) is 0.609. The standard InChI is InChI=1S/C29H35N5O3/c1-22(35)23-9-11-24(12-10-23)31-14-18-33(19-15-31)28(36)25-6-2-3-7-26(25)29(37)34-20-16-32(17-21-34)27-8-4-5-13-30-27/h2-5,8-13,25-26H,6-7,14-21H2,1H3. The molecule has 2 atom stereocenters. The van der Waals surface area contributed by atoms with Gasteiger partial charge in [-0.05, 0) is 56.2 Å². The number of amides is 2. The van der Waals surface area contributed by atoms with Crippen molar-refractivity contribution < 1.29 is 14.4 Å². The molecule has 1 aromatic heterocycles. The SMILES string of the molecule is CC(=O)c1ccc(N2CCN(C(=O)C3CC=CCC3C(=O)N3CCN(c4ccccn4)CC3)CC2)cc1. The number of benzene rings is 1. The molecule has 3 aliphatic rings. The average Bonchev–Trinajstić information content (AvgIpc) is 2.97. The van der Waals surface area contributed by atoms with Gasteiger partial charge in [-0.2, -0.15) is 0 Å². The number of pyridine rings is 1. The van der Waals surface area contributed by atoms with E-state index in [1.54, 1.807) is 13.1 Å². The van der Waals surface area contributed by atoms with Crippen molar-refractivity contribution in [3.63, 3.8) is 0 Å². The molecule has 8 heteroatoms. The van der Waals surface area contributed by atoms with Crippen molar-refractivity contribution in [2.75, 3.05) is 62.2 Å². The minimum absolute atomic E-state index is 0.0580. The van der Waals surface area contributed by atoms with Crippen molar-refractivity contribution in [3.8, 4) is 0 Å². The number of carbonyl (C=O) groups excluding carboxylic acids is 3. The van der Waals surface area contributed by atoms with E-state index >= 15 is 0 Å². The lowest BCUT2D eigenvalue weighted by Crippen LogP contribution is -2.55. The predicted molar refractivity (Wildman–Crippen MR) is 144 cm³/mol. The van der Waals surface area contributed by atoms with Gasteiger partial charge in [0.05, 0.1) is 11.8 Å². The lowest BCUT2D eigenvalue weighted by atomic mass is 9.80. The van der Waals surface area contributed by atoms with E-state index in [2.05, 4.69) is 26.9 Å². The second kappa shape index (κ2) is 11.2. The van der Waals surface area contributed by atoms with Gasteiger partial charge in [0.1, 0.15) is 5.82 Å². The molecule has 0 bridgehead atoms. The van der Waals surface area contributed by atoms with Gasteiger partial charge in [-0.15, -0.1) is 0 Å². The Kier molecular flexibility index (Phi) is 7.53. The number of piperazine rings is 2. The highest BCUT2D eigenvalue weighted by molar-refractivity contribution is 5.94. The first-order valence-corrected chi connectivity index (χ1v) is 13.3. The number of Topliss-reactive ketones (excluding diaryl/α,β-unsaturated/α-hetero) is 1. The number of anilines is 2. The van der Waals surface area contributed by atoms with E-state index in [0.29, 0.717) is 44.6 Å². The van der Waals surface area contributed by atoms with Crippen LogP contribution in [0.25, 0.3) is 0 Å². The van der Waals surface area contributed by atoms with Gasteiger partial charge in [-0.25, -0.2) is 4.98 Å². The van der Waals surface area contributed by atoms with Crippen LogP contribution in [0, 0.1) is 11.8 Å². The van der Waals surface area contributed by atoms with E-state index in [1.165, 1.54) is 0 Å². The van der Waals surface area contributed by atoms with Gasteiger partial charge >= 0.3 is 0 Å². The van der Waals surface area contributed by atoms with Gasteiger partial charge in [-0.1, -0.05) is 18.2 Å². The third-order valence-corrected chi connectivity index (χ3v) is 7.86. The summed E-state index contributed by atoms with van der Waals surface area (Å²) < 4.78 is 0. The van der Waals surface area contributed by atoms with Crippen LogP contribution in [-0.4, -0.2) is 84.7 Å². The van der Waals surface area contributed by atoms with E-state index in [9.17, 15) is 14.4 Å². The third-order valence-electron chi connectivity index (χ3n) is 7.86. The van der Waals surface area contributed by atoms with Gasteiger partial charge in [-0.3, -0.25) is 14.4 Å². The Labute approximate surface area is 218 Å². The van der Waals surface area contributed by atoms with Crippen LogP contribution in [0.15, 0.2) is 60.8 Å². The molecule has 0 radical (unpaired) electrons. The molecule has 0 spiro atoms. The molecule has 1 aromatic carbocycles. The fraction of sp³-hybridized carbons (Fsp3) is 0.448. The Morgan fingerprint density at radius 2 is 1.24 bits per heavy atom. The Balaban J connectivity index is 1.17. The largest absolute Gasteiger partial charge is 0.368 e. The fourth-order valence-electron chi connectivity index (χ4n) is 5.62. The molecule has 2 aliphatic heterocycles. The molecule has 2 aromatic rings. The summed E-state index contributed by atoms with van der Waals surface area (Å²) in [7, 11) is 0. The van der Waals surface area contributed by atoms with Gasteiger partial charge in [0.25, 0.3) is 0 Å². The first-order chi connectivity index (χ1) is 18.0. The first kappa shape index (κ1) is 25.0. The summed E-state index contributed by atoms with van der Waals surface area (Å²) >= 11 is 0. The zero-order chi connectivity index (χ0) is 25.8. The third kappa shape index (κ3) is 5.53. The molecule has 2 saturated heterocycles. The topological polar surface area (TPSA) is 77.1 Å². The minimum Gasteiger partial charge on any atom is -0.368 e. The summed E-state index contributed by atoms with van der Waals surface area (Å²) in [4.78, 5) is 51.5. The molecule has 2 unspecified atom stereocenters. The number of carbonyl (C=O) groups is 3. The highest BCUT2D eigenvalue weighted by Crippen LogP contribution is 2.30. The maximum absolute atomic E-state index is 13.6. The number of rotatable bonds is 5. The molecule has 194 valence electrons. The Hall–Kier alpha value is -3.68. The molecule has 2 amide bonds. The molecule has 2 fully saturated rings. The van der Waals surface area contributed by atoms with Crippen LogP contribution in [0.5, 0.6) is 0 Å². The van der Waals surface area contributed by atoms with Crippen molar-refractivity contribution >= 4 is 29.1 Å². The Morgan fingerprint density at radius 3 is 1.73 bits per heavy atom. The summed E-state index contributed by atoms with van der Waals surface area (Å²) in [5.41, 5.74) is 1.77. The molecule has 3 heterocycles. The van der Waals surface area contributed by atoms with Crippen LogP contribution in [0.3, 0.4) is 0 Å². The van der Waals surface area contributed by atoms with E-state index in [1.807, 2.05) is 52.3 Å². The fourth-order valence-corrected chi connectivity index (χ4v) is 5.62. The summed E-state index contributed by atoms with van der Waals surface area (Å²) in [5, 5.41) is 0. The second-order valence-electron chi connectivity index (χ2n) is 10.1. The van der Waals surface area contributed by atoms with E-state index in [0.717, 1.165) is 37.7 Å². The normalized spacial score (nSPS) is 22.2. The first-order valence-electron chi connectivity index (χ1n) is 13.3. The molecule has 1 aliphatic carbocycles. The Morgan fingerprint density at radius 1 is 0.703 bits per heavy atom. The number of hydrogen-bond donors (Lipinski definition) is 0. The van der Waals surface area contributed by atoms with Gasteiger partial charge in [0.2, 0.25) is 11.8 Å². The zero-order valence-corrected chi connectivity index (χ0v) is 21.5. The van der Waals surface area contributed by atoms with Crippen molar-refractivity contribution in [1.82, 2.24) is 14.8 Å². The van der Waals surface area contributed by atoms with Crippen molar-refractivity contribution in [2.24, 2.45) is 11.8 Å². The average molecular weight is 502 g/mol. The smallest absolute Gasteiger partial charge is 0.226 e. The van der Waals surface area contributed by atoms with Crippen molar-refractivity contribution in [1.29, 1.82) is 0 Å². The van der Waals surface area contributed by atoms with Crippen LogP contribution in [0.2, 0.25) is 0 Å². The lowest BCUT2D eigenvalue weighted by molar-refractivity contribution is -0.147. The molecule has 0 saturated carbocycles. The Bertz CT molecular complexity index is 1130. The molecular weight excluding hydrogens is 466 g/mol. The molecule has 8 nitrogen and oxygen atoms in total. The summed E-state index contributed by atoms with van der Waals surface area (Å²) in [6.07, 6.45) is 7.15. The van der Waals surface area contributed by atoms with Crippen LogP contribution < -0.4 is 9.80 Å². The lowest BCUT2D eigenvalue weighted by Gasteiger charge is -2.41. The highest BCUT2D eigenvalue weighted by Gasteiger charge is 2.39. The number of ketones is 1. The predicted octanol–water partition coefficient (Wildman–Crippen LogP) is 2.86. The minimum atomic E-state index is -0.298. The quantitative estimate of drug-likeness (QED) is 0.463. The number of hydrogen-bond acceptors (Lipinski definition) is 6. The zero-order valence-electron chi connectivity index (χ0n) is 21.5. The van der Waals surface area contributed by atoms with E-state index < -0.39 is 0 Å². The molecular formula is C29H35N5O3. The number of aromatic nitrogens is 1. The monoisotopic (exact) mass is 501 g/mol. The van der Waals surface area contributed by atoms with Crippen LogP contribution >= 0.6 is 0 Å². The van der Waals surface area contributed by atoms with Crippen LogP contribution in [0.4, 0.5) is 11.5 Å². The molecule has 5 rings (SSSR count). The number of nitrogens with zero attached hydrogens (tertiary/aromatic N) is 5. The van der Waals surface area contributed by atoms with Gasteiger partial charge in [0.15, 0.2) is 5.78 Å². The second-order valence-corrected chi connectivity index (χ2v) is 10.1. The van der Waals surface area contributed by atoms with Gasteiger partial charge < -0.3 is 19.6 Å². The molecule has 37 heavy (non-hydrogen) atoms. The maximum Gasteiger partial charge on any atom is 0.226 e. The van der Waals surface area contributed by atoms with Crippen molar-refractivity contribution in [3.05, 3.63) is 66.4 Å². The van der Waals surface area contributed by atoms with Crippen LogP contribution in [-0.2, 0) is 9.59 Å². The van der Waals surface area contributed by atoms with E-state index in [4.69, 9.17) is 0 Å². The summed E-state index contributed by atoms with van der Waals surface area (Å²) in [6.45, 7) is 7.12. The van der Waals surface area contributed by atoms with Crippen LogP contribution in [0.1, 0.15) is 30.1 Å². The highest BCUT2D eigenvalue weighted by atomic mass is 16.2. The number of allylic oxidation sites excluding steroid dienone is 2. The molecule has 0 N–H and O–H groups in total. The van der Waals surface area contributed by atoms with Gasteiger partial charge in [0, 0.05) is 69.8 Å².